The summed E-state index contributed by atoms with van der Waals surface area (Å²) in [4.78, 5) is 22.7. The van der Waals surface area contributed by atoms with Crippen molar-refractivity contribution in [2.24, 2.45) is 5.41 Å². The molecular formula is C16H20F6N6O. The topological polar surface area (TPSA) is 91.8 Å². The second-order valence-corrected chi connectivity index (χ2v) is 6.58. The highest BCUT2D eigenvalue weighted by molar-refractivity contribution is 5.84. The minimum absolute atomic E-state index is 0.411. The van der Waals surface area contributed by atoms with Crippen molar-refractivity contribution in [1.82, 2.24) is 20.3 Å². The third kappa shape index (κ3) is 7.28. The number of nitrogens with zero attached hydrogens (tertiary/aromatic N) is 3. The molecule has 0 bridgehead atoms. The lowest BCUT2D eigenvalue weighted by Gasteiger charge is -2.19. The molecule has 29 heavy (non-hydrogen) atoms. The molecule has 0 fully saturated rings. The number of hydrogen-bond donors (Lipinski definition) is 3. The first-order valence-corrected chi connectivity index (χ1v) is 8.24. The average Bonchev–Trinajstić information content (AvgIpc) is 2.57. The SMILES string of the molecule is CNC(=O)C(C)(C)C#Cc1nc(N[C@H](C)C(F)(F)F)nc(N[C@H](C)C(F)(F)F)n1. The minimum Gasteiger partial charge on any atom is -0.358 e. The molecule has 0 aromatic carbocycles. The van der Waals surface area contributed by atoms with Crippen LogP contribution in [-0.2, 0) is 4.79 Å². The van der Waals surface area contributed by atoms with Gasteiger partial charge in [0.15, 0.2) is 0 Å². The summed E-state index contributed by atoms with van der Waals surface area (Å²) >= 11 is 0. The van der Waals surface area contributed by atoms with Crippen molar-refractivity contribution in [3.63, 3.8) is 0 Å². The Bertz CT molecular complexity index is 756. The average molecular weight is 426 g/mol. The van der Waals surface area contributed by atoms with Gasteiger partial charge >= 0.3 is 12.4 Å². The molecular weight excluding hydrogens is 406 g/mol. The maximum absolute atomic E-state index is 12.8. The number of alkyl halides is 6. The van der Waals surface area contributed by atoms with Crippen molar-refractivity contribution in [1.29, 1.82) is 0 Å². The van der Waals surface area contributed by atoms with Crippen LogP contribution in [0.5, 0.6) is 0 Å². The van der Waals surface area contributed by atoms with Crippen LogP contribution in [-0.4, -0.2) is 52.3 Å². The van der Waals surface area contributed by atoms with Crippen LogP contribution in [0.4, 0.5) is 38.2 Å². The Morgan fingerprint density at radius 1 is 0.897 bits per heavy atom. The van der Waals surface area contributed by atoms with Gasteiger partial charge in [-0.1, -0.05) is 5.92 Å². The largest absolute Gasteiger partial charge is 0.408 e. The van der Waals surface area contributed by atoms with E-state index in [-0.39, 0.29) is 0 Å². The van der Waals surface area contributed by atoms with E-state index < -0.39 is 53.5 Å². The highest BCUT2D eigenvalue weighted by Gasteiger charge is 2.38. The third-order valence-corrected chi connectivity index (χ3v) is 3.59. The van der Waals surface area contributed by atoms with E-state index in [2.05, 4.69) is 32.1 Å². The summed E-state index contributed by atoms with van der Waals surface area (Å²) in [6, 6.07) is -4.16. The molecule has 1 amide bonds. The van der Waals surface area contributed by atoms with E-state index in [1.807, 2.05) is 10.6 Å². The second kappa shape index (κ2) is 8.71. The van der Waals surface area contributed by atoms with Gasteiger partial charge < -0.3 is 16.0 Å². The first-order valence-electron chi connectivity index (χ1n) is 8.24. The van der Waals surface area contributed by atoms with Crippen molar-refractivity contribution in [3.05, 3.63) is 5.82 Å². The van der Waals surface area contributed by atoms with Crippen LogP contribution in [0.15, 0.2) is 0 Å². The van der Waals surface area contributed by atoms with Crippen molar-refractivity contribution < 1.29 is 31.1 Å². The Balaban J connectivity index is 3.32. The fourth-order valence-corrected chi connectivity index (χ4v) is 1.69. The van der Waals surface area contributed by atoms with Gasteiger partial charge in [-0.2, -0.15) is 41.3 Å². The maximum atomic E-state index is 12.8. The van der Waals surface area contributed by atoms with E-state index in [9.17, 15) is 31.1 Å². The lowest BCUT2D eigenvalue weighted by molar-refractivity contribution is -0.139. The van der Waals surface area contributed by atoms with Crippen LogP contribution in [0.1, 0.15) is 33.5 Å². The summed E-state index contributed by atoms with van der Waals surface area (Å²) in [6.07, 6.45) is -9.29. The molecule has 0 saturated carbocycles. The zero-order valence-electron chi connectivity index (χ0n) is 16.2. The first-order chi connectivity index (χ1) is 13.1. The number of carbonyl (C=O) groups is 1. The van der Waals surface area contributed by atoms with E-state index >= 15 is 0 Å². The predicted molar refractivity (Wildman–Crippen MR) is 92.8 cm³/mol. The van der Waals surface area contributed by atoms with Gasteiger partial charge in [0.2, 0.25) is 23.6 Å². The Labute approximate surface area is 163 Å². The van der Waals surface area contributed by atoms with Crippen LogP contribution >= 0.6 is 0 Å². The number of anilines is 2. The number of nitrogens with one attached hydrogen (secondary N) is 3. The quantitative estimate of drug-likeness (QED) is 0.496. The van der Waals surface area contributed by atoms with Gasteiger partial charge in [-0.25, -0.2) is 0 Å². The summed E-state index contributed by atoms with van der Waals surface area (Å²) < 4.78 is 76.6. The molecule has 0 aliphatic rings. The van der Waals surface area contributed by atoms with Gasteiger partial charge in [0.05, 0.1) is 0 Å². The molecule has 1 aromatic rings. The number of carbonyl (C=O) groups excluding carboxylic acids is 1. The number of halogens is 6. The normalized spacial score (nSPS) is 14.3. The van der Waals surface area contributed by atoms with Gasteiger partial charge in [0.25, 0.3) is 0 Å². The number of aromatic nitrogens is 3. The summed E-state index contributed by atoms with van der Waals surface area (Å²) in [6.45, 7) is 4.51. The molecule has 0 aliphatic carbocycles. The lowest BCUT2D eigenvalue weighted by Crippen LogP contribution is -2.35. The zero-order chi connectivity index (χ0) is 22.6. The van der Waals surface area contributed by atoms with Crippen molar-refractivity contribution >= 4 is 17.8 Å². The van der Waals surface area contributed by atoms with Crippen LogP contribution in [0.3, 0.4) is 0 Å². The Hall–Kier alpha value is -2.78. The van der Waals surface area contributed by atoms with E-state index in [1.54, 1.807) is 0 Å². The standard InChI is InChI=1S/C16H20F6N6O/c1-8(15(17,18)19)24-12-26-10(6-7-14(3,4)11(29)23-5)27-13(28-12)25-9(2)16(20,21)22/h8-9H,1-5H3,(H,23,29)(H2,24,25,26,27,28)/t8-,9-/m1/s1. The summed E-state index contributed by atoms with van der Waals surface area (Å²) in [7, 11) is 1.38. The molecule has 0 radical (unpaired) electrons. The Kier molecular flexibility index (Phi) is 7.28. The fraction of sp³-hybridized carbons (Fsp3) is 0.625. The number of amides is 1. The molecule has 0 spiro atoms. The van der Waals surface area contributed by atoms with E-state index in [4.69, 9.17) is 0 Å². The predicted octanol–water partition coefficient (Wildman–Crippen LogP) is 2.72. The summed E-state index contributed by atoms with van der Waals surface area (Å²) in [5, 5.41) is 6.28. The number of rotatable bonds is 5. The maximum Gasteiger partial charge on any atom is 0.408 e. The fourth-order valence-electron chi connectivity index (χ4n) is 1.69. The molecule has 0 aliphatic heterocycles. The molecule has 7 nitrogen and oxygen atoms in total. The van der Waals surface area contributed by atoms with Crippen LogP contribution < -0.4 is 16.0 Å². The molecule has 162 valence electrons. The molecule has 1 aromatic heterocycles. The monoisotopic (exact) mass is 426 g/mol. The molecule has 0 unspecified atom stereocenters. The Morgan fingerprint density at radius 2 is 1.31 bits per heavy atom. The minimum atomic E-state index is -4.65. The molecule has 3 N–H and O–H groups in total. The Morgan fingerprint density at radius 3 is 1.66 bits per heavy atom. The lowest BCUT2D eigenvalue weighted by atomic mass is 9.93. The van der Waals surface area contributed by atoms with Crippen LogP contribution in [0.2, 0.25) is 0 Å². The summed E-state index contributed by atoms with van der Waals surface area (Å²) in [5.74, 6) is 2.82. The van der Waals surface area contributed by atoms with Gasteiger partial charge in [-0.15, -0.1) is 0 Å². The van der Waals surface area contributed by atoms with Crippen LogP contribution in [0, 0.1) is 17.3 Å². The van der Waals surface area contributed by atoms with Crippen molar-refractivity contribution in [2.75, 3.05) is 17.7 Å². The van der Waals surface area contributed by atoms with E-state index in [0.29, 0.717) is 0 Å². The molecule has 1 heterocycles. The van der Waals surface area contributed by atoms with Crippen LogP contribution in [0.25, 0.3) is 0 Å². The molecule has 1 rings (SSSR count). The van der Waals surface area contributed by atoms with Crippen molar-refractivity contribution in [3.8, 4) is 11.8 Å². The zero-order valence-corrected chi connectivity index (χ0v) is 16.2. The highest BCUT2D eigenvalue weighted by atomic mass is 19.4. The van der Waals surface area contributed by atoms with E-state index in [0.717, 1.165) is 13.8 Å². The van der Waals surface area contributed by atoms with Gasteiger partial charge in [0, 0.05) is 7.05 Å². The highest BCUT2D eigenvalue weighted by Crippen LogP contribution is 2.24. The smallest absolute Gasteiger partial charge is 0.358 e. The van der Waals surface area contributed by atoms with Crippen molar-refractivity contribution in [2.45, 2.75) is 52.1 Å². The first kappa shape index (κ1) is 24.3. The number of hydrogen-bond acceptors (Lipinski definition) is 6. The van der Waals surface area contributed by atoms with Gasteiger partial charge in [-0.05, 0) is 33.6 Å². The molecule has 0 saturated heterocycles. The van der Waals surface area contributed by atoms with Gasteiger partial charge in [0.1, 0.15) is 17.5 Å². The molecule has 13 heteroatoms. The van der Waals surface area contributed by atoms with Gasteiger partial charge in [-0.3, -0.25) is 4.79 Å². The second-order valence-electron chi connectivity index (χ2n) is 6.58. The molecule has 2 atom stereocenters. The van der Waals surface area contributed by atoms with E-state index in [1.165, 1.54) is 20.9 Å². The summed E-state index contributed by atoms with van der Waals surface area (Å²) in [5.41, 5.74) is -1.21. The third-order valence-electron chi connectivity index (χ3n) is 3.59.